The van der Waals surface area contributed by atoms with Crippen LogP contribution in [0.1, 0.15) is 30.4 Å². The lowest BCUT2D eigenvalue weighted by atomic mass is 9.80. The molecule has 2 aromatic rings. The topological polar surface area (TPSA) is 87.5 Å². The fourth-order valence-corrected chi connectivity index (χ4v) is 3.89. The van der Waals surface area contributed by atoms with Crippen molar-refractivity contribution in [1.29, 1.82) is 0 Å². The van der Waals surface area contributed by atoms with E-state index in [1.54, 1.807) is 0 Å². The second kappa shape index (κ2) is 10.5. The fourth-order valence-electron chi connectivity index (χ4n) is 3.89. The second-order valence-electron chi connectivity index (χ2n) is 7.64. The molecule has 2 atom stereocenters. The molecule has 0 saturated carbocycles. The standard InChI is InChI=1S/C24H30N4O2/c1-18(25)26-16-8-13-21-22(15-14-19-9-4-2-5-10-19)28(23(21)29)24(30)27-17-20-11-6-3-7-12-20/h2-7,9-12,21-22,26H,1,8,13-17,25H2,(H,27,30). The summed E-state index contributed by atoms with van der Waals surface area (Å²) >= 11 is 0. The van der Waals surface area contributed by atoms with E-state index in [-0.39, 0.29) is 23.9 Å². The minimum absolute atomic E-state index is 0.0884. The number of rotatable bonds is 10. The summed E-state index contributed by atoms with van der Waals surface area (Å²) in [7, 11) is 0. The number of benzene rings is 2. The molecule has 1 aliphatic rings. The van der Waals surface area contributed by atoms with Gasteiger partial charge >= 0.3 is 6.03 Å². The van der Waals surface area contributed by atoms with Gasteiger partial charge in [-0.3, -0.25) is 9.69 Å². The molecule has 3 amide bonds. The molecule has 0 radical (unpaired) electrons. The second-order valence-corrected chi connectivity index (χ2v) is 7.64. The van der Waals surface area contributed by atoms with Crippen LogP contribution >= 0.6 is 0 Å². The van der Waals surface area contributed by atoms with Crippen molar-refractivity contribution in [3.8, 4) is 0 Å². The van der Waals surface area contributed by atoms with Crippen LogP contribution in [0, 0.1) is 5.92 Å². The summed E-state index contributed by atoms with van der Waals surface area (Å²) in [4.78, 5) is 26.9. The van der Waals surface area contributed by atoms with E-state index in [0.717, 1.165) is 31.2 Å². The molecule has 4 N–H and O–H groups in total. The van der Waals surface area contributed by atoms with Crippen LogP contribution in [0.5, 0.6) is 0 Å². The first-order valence-corrected chi connectivity index (χ1v) is 10.4. The zero-order chi connectivity index (χ0) is 21.3. The molecule has 0 aromatic heterocycles. The quantitative estimate of drug-likeness (QED) is 0.418. The first-order chi connectivity index (χ1) is 14.6. The summed E-state index contributed by atoms with van der Waals surface area (Å²) in [6, 6.07) is 19.4. The third kappa shape index (κ3) is 5.63. The molecular weight excluding hydrogens is 376 g/mol. The average Bonchev–Trinajstić information content (AvgIpc) is 2.76. The Kier molecular flexibility index (Phi) is 7.49. The Balaban J connectivity index is 1.59. The van der Waals surface area contributed by atoms with E-state index in [4.69, 9.17) is 5.73 Å². The van der Waals surface area contributed by atoms with E-state index in [2.05, 4.69) is 29.3 Å². The number of amides is 3. The van der Waals surface area contributed by atoms with Gasteiger partial charge in [-0.1, -0.05) is 67.2 Å². The minimum Gasteiger partial charge on any atom is -0.386 e. The maximum atomic E-state index is 12.8. The van der Waals surface area contributed by atoms with Gasteiger partial charge in [0.05, 0.1) is 17.8 Å². The monoisotopic (exact) mass is 406 g/mol. The molecule has 1 aliphatic heterocycles. The SMILES string of the molecule is C=C(N)NCCCC1C(=O)N(C(=O)NCc2ccccc2)C1CCc1ccccc1. The van der Waals surface area contributed by atoms with Crippen molar-refractivity contribution < 1.29 is 9.59 Å². The van der Waals surface area contributed by atoms with Gasteiger partial charge in [0.2, 0.25) is 5.91 Å². The number of carbonyl (C=O) groups excluding carboxylic acids is 2. The highest BCUT2D eigenvalue weighted by molar-refractivity contribution is 6.01. The summed E-state index contributed by atoms with van der Waals surface area (Å²) in [5.74, 6) is 0.201. The van der Waals surface area contributed by atoms with E-state index in [9.17, 15) is 9.59 Å². The molecule has 0 bridgehead atoms. The smallest absolute Gasteiger partial charge is 0.324 e. The Morgan fingerprint density at radius 3 is 2.23 bits per heavy atom. The maximum absolute atomic E-state index is 12.8. The number of β-lactam (4-membered cyclic amide) rings is 1. The van der Waals surface area contributed by atoms with E-state index >= 15 is 0 Å². The number of nitrogens with one attached hydrogen (secondary N) is 2. The van der Waals surface area contributed by atoms with E-state index in [1.165, 1.54) is 10.5 Å². The van der Waals surface area contributed by atoms with Gasteiger partial charge in [0.1, 0.15) is 0 Å². The lowest BCUT2D eigenvalue weighted by molar-refractivity contribution is -0.150. The lowest BCUT2D eigenvalue weighted by Gasteiger charge is -2.46. The molecule has 3 rings (SSSR count). The maximum Gasteiger partial charge on any atom is 0.324 e. The van der Waals surface area contributed by atoms with Crippen molar-refractivity contribution in [2.45, 2.75) is 38.3 Å². The molecule has 6 nitrogen and oxygen atoms in total. The first kappa shape index (κ1) is 21.4. The van der Waals surface area contributed by atoms with Crippen LogP contribution in [0.25, 0.3) is 0 Å². The van der Waals surface area contributed by atoms with Crippen LogP contribution < -0.4 is 16.4 Å². The highest BCUT2D eigenvalue weighted by atomic mass is 16.2. The fraction of sp³-hybridized carbons (Fsp3) is 0.333. The predicted molar refractivity (Wildman–Crippen MR) is 118 cm³/mol. The third-order valence-electron chi connectivity index (χ3n) is 5.47. The van der Waals surface area contributed by atoms with Crippen molar-refractivity contribution in [2.75, 3.05) is 6.54 Å². The number of hydrogen-bond acceptors (Lipinski definition) is 4. The van der Waals surface area contributed by atoms with Crippen molar-refractivity contribution >= 4 is 11.9 Å². The summed E-state index contributed by atoms with van der Waals surface area (Å²) in [6.07, 6.45) is 3.11. The molecular formula is C24H30N4O2. The number of imide groups is 1. The van der Waals surface area contributed by atoms with Crippen LogP contribution in [0.4, 0.5) is 4.79 Å². The zero-order valence-electron chi connectivity index (χ0n) is 17.2. The van der Waals surface area contributed by atoms with Crippen LogP contribution in [-0.4, -0.2) is 29.4 Å². The molecule has 2 aromatic carbocycles. The highest BCUT2D eigenvalue weighted by Gasteiger charge is 2.49. The van der Waals surface area contributed by atoms with E-state index < -0.39 is 0 Å². The number of nitrogens with zero attached hydrogens (tertiary/aromatic N) is 1. The van der Waals surface area contributed by atoms with E-state index in [1.807, 2.05) is 48.5 Å². The lowest BCUT2D eigenvalue weighted by Crippen LogP contribution is -2.65. The van der Waals surface area contributed by atoms with Crippen molar-refractivity contribution in [2.24, 2.45) is 11.7 Å². The largest absolute Gasteiger partial charge is 0.386 e. The van der Waals surface area contributed by atoms with Crippen molar-refractivity contribution in [3.63, 3.8) is 0 Å². The summed E-state index contributed by atoms with van der Waals surface area (Å²) in [5.41, 5.74) is 7.75. The number of urea groups is 1. The molecule has 1 heterocycles. The minimum atomic E-state index is -0.313. The van der Waals surface area contributed by atoms with Gasteiger partial charge in [0, 0.05) is 13.1 Å². The Bertz CT molecular complexity index is 854. The number of carbonyl (C=O) groups is 2. The predicted octanol–water partition coefficient (Wildman–Crippen LogP) is 3.16. The van der Waals surface area contributed by atoms with Gasteiger partial charge in [0.15, 0.2) is 0 Å². The van der Waals surface area contributed by atoms with E-state index in [0.29, 0.717) is 18.9 Å². The van der Waals surface area contributed by atoms with Crippen molar-refractivity contribution in [1.82, 2.24) is 15.5 Å². The number of likely N-dealkylation sites (tertiary alicyclic amines) is 1. The van der Waals surface area contributed by atoms with Gasteiger partial charge in [0.25, 0.3) is 0 Å². The van der Waals surface area contributed by atoms with Gasteiger partial charge in [-0.25, -0.2) is 4.79 Å². The molecule has 2 unspecified atom stereocenters. The van der Waals surface area contributed by atoms with Crippen molar-refractivity contribution in [3.05, 3.63) is 84.2 Å². The molecule has 158 valence electrons. The zero-order valence-corrected chi connectivity index (χ0v) is 17.2. The third-order valence-corrected chi connectivity index (χ3v) is 5.47. The normalized spacial score (nSPS) is 17.9. The van der Waals surface area contributed by atoms with Crippen LogP contribution in [0.2, 0.25) is 0 Å². The number of hydrogen-bond donors (Lipinski definition) is 3. The molecule has 0 aliphatic carbocycles. The van der Waals surface area contributed by atoms with Gasteiger partial charge in [-0.2, -0.15) is 0 Å². The summed E-state index contributed by atoms with van der Waals surface area (Å²) in [5, 5.41) is 5.88. The Morgan fingerprint density at radius 2 is 1.60 bits per heavy atom. The molecule has 0 spiro atoms. The highest BCUT2D eigenvalue weighted by Crippen LogP contribution is 2.33. The first-order valence-electron chi connectivity index (χ1n) is 10.4. The molecule has 1 fully saturated rings. The summed E-state index contributed by atoms with van der Waals surface area (Å²) < 4.78 is 0. The Hall–Kier alpha value is -3.28. The van der Waals surface area contributed by atoms with Gasteiger partial charge < -0.3 is 16.4 Å². The van der Waals surface area contributed by atoms with Crippen LogP contribution in [0.3, 0.4) is 0 Å². The van der Waals surface area contributed by atoms with Crippen LogP contribution in [0.15, 0.2) is 73.1 Å². The number of nitrogens with two attached hydrogens (primary N) is 1. The Morgan fingerprint density at radius 1 is 0.967 bits per heavy atom. The average molecular weight is 407 g/mol. The molecule has 30 heavy (non-hydrogen) atoms. The number of aryl methyl sites for hydroxylation is 1. The Labute approximate surface area is 178 Å². The molecule has 6 heteroatoms. The van der Waals surface area contributed by atoms with Gasteiger partial charge in [-0.05, 0) is 36.8 Å². The van der Waals surface area contributed by atoms with Gasteiger partial charge in [-0.15, -0.1) is 0 Å². The molecule has 1 saturated heterocycles. The summed E-state index contributed by atoms with van der Waals surface area (Å²) in [6.45, 7) is 4.69. The van der Waals surface area contributed by atoms with Crippen LogP contribution in [-0.2, 0) is 17.8 Å².